The minimum Gasteiger partial charge on any atom is -0.443 e. The van der Waals surface area contributed by atoms with Gasteiger partial charge in [-0.05, 0) is 31.5 Å². The summed E-state index contributed by atoms with van der Waals surface area (Å²) >= 11 is 0. The fourth-order valence-corrected chi connectivity index (χ4v) is 1.69. The summed E-state index contributed by atoms with van der Waals surface area (Å²) in [6, 6.07) is 5.65. The van der Waals surface area contributed by atoms with Crippen LogP contribution in [0.1, 0.15) is 25.8 Å². The van der Waals surface area contributed by atoms with E-state index >= 15 is 0 Å². The molecule has 0 saturated carbocycles. The van der Waals surface area contributed by atoms with Crippen molar-refractivity contribution in [2.45, 2.75) is 32.4 Å². The molecule has 1 aromatic carbocycles. The third-order valence-electron chi connectivity index (χ3n) is 2.50. The first-order valence-electron chi connectivity index (χ1n) is 5.82. The Kier molecular flexibility index (Phi) is 3.34. The Labute approximate surface area is 105 Å². The molecule has 5 heteroatoms. The lowest BCUT2D eigenvalue weighted by Crippen LogP contribution is -2.38. The number of nitrogens with one attached hydrogen (secondary N) is 1. The summed E-state index contributed by atoms with van der Waals surface area (Å²) in [4.78, 5) is 15.7. The van der Waals surface area contributed by atoms with Crippen molar-refractivity contribution in [1.82, 2.24) is 10.3 Å². The van der Waals surface area contributed by atoms with Crippen LogP contribution < -0.4 is 11.1 Å². The minimum absolute atomic E-state index is 0.0554. The van der Waals surface area contributed by atoms with Gasteiger partial charge in [-0.15, -0.1) is 0 Å². The molecule has 96 valence electrons. The molecule has 0 bridgehead atoms. The van der Waals surface area contributed by atoms with E-state index in [4.69, 9.17) is 10.2 Å². The average molecular weight is 247 g/mol. The highest BCUT2D eigenvalue weighted by Crippen LogP contribution is 2.14. The molecule has 2 aromatic rings. The summed E-state index contributed by atoms with van der Waals surface area (Å²) in [5, 5.41) is 2.83. The number of aromatic nitrogens is 1. The van der Waals surface area contributed by atoms with Crippen LogP contribution in [0, 0.1) is 0 Å². The quantitative estimate of drug-likeness (QED) is 0.859. The van der Waals surface area contributed by atoms with Gasteiger partial charge in [0, 0.05) is 18.5 Å². The number of nitrogens with zero attached hydrogens (tertiary/aromatic N) is 1. The van der Waals surface area contributed by atoms with Crippen LogP contribution in [0.25, 0.3) is 11.1 Å². The SMILES string of the molecule is CC(C)(N)CC(=O)NCc1ccc2ncoc2c1. The van der Waals surface area contributed by atoms with E-state index in [2.05, 4.69) is 10.3 Å². The normalized spacial score (nSPS) is 11.7. The van der Waals surface area contributed by atoms with Gasteiger partial charge >= 0.3 is 0 Å². The van der Waals surface area contributed by atoms with E-state index in [-0.39, 0.29) is 5.91 Å². The van der Waals surface area contributed by atoms with Crippen molar-refractivity contribution in [3.05, 3.63) is 30.2 Å². The van der Waals surface area contributed by atoms with Crippen molar-refractivity contribution < 1.29 is 9.21 Å². The van der Waals surface area contributed by atoms with Crippen molar-refractivity contribution in [2.24, 2.45) is 5.73 Å². The van der Waals surface area contributed by atoms with Crippen molar-refractivity contribution >= 4 is 17.0 Å². The zero-order valence-electron chi connectivity index (χ0n) is 10.6. The number of rotatable bonds is 4. The Morgan fingerprint density at radius 1 is 1.50 bits per heavy atom. The molecule has 1 aromatic heterocycles. The second kappa shape index (κ2) is 4.78. The smallest absolute Gasteiger partial charge is 0.222 e. The molecule has 0 aliphatic carbocycles. The highest BCUT2D eigenvalue weighted by molar-refractivity contribution is 5.77. The van der Waals surface area contributed by atoms with Crippen LogP contribution in [0.2, 0.25) is 0 Å². The number of carbonyl (C=O) groups is 1. The van der Waals surface area contributed by atoms with E-state index in [1.165, 1.54) is 6.39 Å². The van der Waals surface area contributed by atoms with Gasteiger partial charge < -0.3 is 15.5 Å². The molecule has 0 aliphatic heterocycles. The van der Waals surface area contributed by atoms with Crippen LogP contribution in [0.15, 0.2) is 29.0 Å². The lowest BCUT2D eigenvalue weighted by Gasteiger charge is -2.17. The van der Waals surface area contributed by atoms with E-state index in [1.54, 1.807) is 0 Å². The third-order valence-corrected chi connectivity index (χ3v) is 2.50. The Bertz CT molecular complexity index is 555. The molecular weight excluding hydrogens is 230 g/mol. The average Bonchev–Trinajstić information content (AvgIpc) is 2.71. The Balaban J connectivity index is 1.95. The number of oxazole rings is 1. The van der Waals surface area contributed by atoms with Gasteiger partial charge in [-0.1, -0.05) is 6.07 Å². The first kappa shape index (κ1) is 12.6. The fourth-order valence-electron chi connectivity index (χ4n) is 1.69. The molecule has 0 fully saturated rings. The maximum Gasteiger partial charge on any atom is 0.222 e. The van der Waals surface area contributed by atoms with E-state index in [0.717, 1.165) is 16.7 Å². The monoisotopic (exact) mass is 247 g/mol. The summed E-state index contributed by atoms with van der Waals surface area (Å²) in [5.74, 6) is -0.0554. The molecule has 1 amide bonds. The minimum atomic E-state index is -0.487. The topological polar surface area (TPSA) is 81.2 Å². The summed E-state index contributed by atoms with van der Waals surface area (Å²) in [6.45, 7) is 4.12. The summed E-state index contributed by atoms with van der Waals surface area (Å²) < 4.78 is 5.20. The second-order valence-electron chi connectivity index (χ2n) is 5.10. The van der Waals surface area contributed by atoms with Crippen LogP contribution in [0.5, 0.6) is 0 Å². The van der Waals surface area contributed by atoms with Crippen LogP contribution in [0.4, 0.5) is 0 Å². The van der Waals surface area contributed by atoms with E-state index < -0.39 is 5.54 Å². The molecule has 5 nitrogen and oxygen atoms in total. The lowest BCUT2D eigenvalue weighted by molar-refractivity contribution is -0.122. The predicted octanol–water partition coefficient (Wildman–Crippen LogP) is 1.57. The standard InChI is InChI=1S/C13H17N3O2/c1-13(2,14)6-12(17)15-7-9-3-4-10-11(5-9)18-8-16-10/h3-5,8H,6-7,14H2,1-2H3,(H,15,17). The van der Waals surface area contributed by atoms with Crippen molar-refractivity contribution in [1.29, 1.82) is 0 Å². The van der Waals surface area contributed by atoms with Crippen LogP contribution in [0.3, 0.4) is 0 Å². The number of carbonyl (C=O) groups excluding carboxylic acids is 1. The molecule has 3 N–H and O–H groups in total. The van der Waals surface area contributed by atoms with Gasteiger partial charge in [-0.2, -0.15) is 0 Å². The fraction of sp³-hybridized carbons (Fsp3) is 0.385. The molecule has 0 spiro atoms. The molecule has 0 aliphatic rings. The van der Waals surface area contributed by atoms with E-state index in [1.807, 2.05) is 32.0 Å². The van der Waals surface area contributed by atoms with Gasteiger partial charge in [0.05, 0.1) is 0 Å². The lowest BCUT2D eigenvalue weighted by atomic mass is 10.0. The van der Waals surface area contributed by atoms with Crippen molar-refractivity contribution in [3.63, 3.8) is 0 Å². The van der Waals surface area contributed by atoms with Gasteiger partial charge in [0.2, 0.25) is 5.91 Å². The summed E-state index contributed by atoms with van der Waals surface area (Å²) in [5.41, 5.74) is 7.81. The molecule has 0 radical (unpaired) electrons. The van der Waals surface area contributed by atoms with Crippen LogP contribution in [-0.4, -0.2) is 16.4 Å². The molecule has 0 saturated heterocycles. The molecule has 2 rings (SSSR count). The first-order valence-corrected chi connectivity index (χ1v) is 5.82. The van der Waals surface area contributed by atoms with Gasteiger partial charge in [0.25, 0.3) is 0 Å². The van der Waals surface area contributed by atoms with Gasteiger partial charge in [-0.25, -0.2) is 4.98 Å². The second-order valence-corrected chi connectivity index (χ2v) is 5.10. The van der Waals surface area contributed by atoms with Gasteiger partial charge in [0.1, 0.15) is 5.52 Å². The van der Waals surface area contributed by atoms with Crippen molar-refractivity contribution in [2.75, 3.05) is 0 Å². The Hall–Kier alpha value is -1.88. The Morgan fingerprint density at radius 2 is 2.28 bits per heavy atom. The molecule has 0 atom stereocenters. The molecule has 0 unspecified atom stereocenters. The summed E-state index contributed by atoms with van der Waals surface area (Å²) in [7, 11) is 0. The molecular formula is C13H17N3O2. The number of fused-ring (bicyclic) bond motifs is 1. The number of benzene rings is 1. The molecule has 18 heavy (non-hydrogen) atoms. The first-order chi connectivity index (χ1) is 8.44. The van der Waals surface area contributed by atoms with E-state index in [9.17, 15) is 4.79 Å². The van der Waals surface area contributed by atoms with Gasteiger partial charge in [-0.3, -0.25) is 4.79 Å². The van der Waals surface area contributed by atoms with Crippen LogP contribution >= 0.6 is 0 Å². The van der Waals surface area contributed by atoms with Crippen molar-refractivity contribution in [3.8, 4) is 0 Å². The van der Waals surface area contributed by atoms with Crippen LogP contribution in [-0.2, 0) is 11.3 Å². The number of amides is 1. The largest absolute Gasteiger partial charge is 0.443 e. The number of nitrogens with two attached hydrogens (primary N) is 1. The summed E-state index contributed by atoms with van der Waals surface area (Å²) in [6.07, 6.45) is 1.71. The zero-order valence-corrected chi connectivity index (χ0v) is 10.6. The predicted molar refractivity (Wildman–Crippen MR) is 68.7 cm³/mol. The number of hydrogen-bond donors (Lipinski definition) is 2. The molecule has 1 heterocycles. The van der Waals surface area contributed by atoms with E-state index in [0.29, 0.717) is 13.0 Å². The highest BCUT2D eigenvalue weighted by Gasteiger charge is 2.15. The zero-order chi connectivity index (χ0) is 13.2. The maximum atomic E-state index is 11.6. The van der Waals surface area contributed by atoms with Gasteiger partial charge in [0.15, 0.2) is 12.0 Å². The maximum absolute atomic E-state index is 11.6. The highest BCUT2D eigenvalue weighted by atomic mass is 16.3. The number of hydrogen-bond acceptors (Lipinski definition) is 4. The third kappa shape index (κ3) is 3.30. The Morgan fingerprint density at radius 3 is 3.00 bits per heavy atom.